The van der Waals surface area contributed by atoms with Crippen molar-refractivity contribution in [2.75, 3.05) is 6.54 Å². The molecule has 0 saturated carbocycles. The number of aromatic nitrogens is 2. The molecule has 0 aliphatic rings. The summed E-state index contributed by atoms with van der Waals surface area (Å²) >= 11 is 0. The first-order chi connectivity index (χ1) is 11.5. The average molecular weight is 328 g/mol. The van der Waals surface area contributed by atoms with Crippen molar-refractivity contribution in [1.29, 1.82) is 0 Å². The number of carbonyl (C=O) groups excluding carboxylic acids is 2. The molecule has 2 amide bonds. The van der Waals surface area contributed by atoms with E-state index in [-0.39, 0.29) is 17.7 Å². The van der Waals surface area contributed by atoms with Gasteiger partial charge in [0, 0.05) is 25.9 Å². The lowest BCUT2D eigenvalue weighted by Gasteiger charge is -2.20. The van der Waals surface area contributed by atoms with Gasteiger partial charge in [0.25, 0.3) is 0 Å². The first-order valence-electron chi connectivity index (χ1n) is 8.11. The summed E-state index contributed by atoms with van der Waals surface area (Å²) in [7, 11) is 0. The Labute approximate surface area is 142 Å². The summed E-state index contributed by atoms with van der Waals surface area (Å²) in [6.45, 7) is 5.77. The van der Waals surface area contributed by atoms with Crippen LogP contribution in [-0.2, 0) is 16.0 Å². The highest BCUT2D eigenvalue weighted by Crippen LogP contribution is 2.09. The quantitative estimate of drug-likeness (QED) is 0.812. The standard InChI is InChI=1S/C18H24N4O2/c1-13(2)17(21-14(3)23)18(24)19-11-9-15-5-7-16(8-6-15)22-12-4-10-20-22/h4-8,10,12-13,17H,9,11H2,1-3H3,(H,19,24)(H,21,23). The SMILES string of the molecule is CC(=O)NC(C(=O)NCCc1ccc(-n2cccn2)cc1)C(C)C. The van der Waals surface area contributed by atoms with E-state index in [9.17, 15) is 9.59 Å². The van der Waals surface area contributed by atoms with Crippen molar-refractivity contribution < 1.29 is 9.59 Å². The number of hydrogen-bond donors (Lipinski definition) is 2. The second-order valence-corrected chi connectivity index (χ2v) is 6.08. The maximum absolute atomic E-state index is 12.2. The van der Waals surface area contributed by atoms with E-state index in [0.29, 0.717) is 6.54 Å². The third kappa shape index (κ3) is 4.94. The van der Waals surface area contributed by atoms with Gasteiger partial charge in [0.1, 0.15) is 6.04 Å². The van der Waals surface area contributed by atoms with Gasteiger partial charge in [0.15, 0.2) is 0 Å². The zero-order chi connectivity index (χ0) is 17.5. The van der Waals surface area contributed by atoms with E-state index in [1.165, 1.54) is 6.92 Å². The molecular weight excluding hydrogens is 304 g/mol. The van der Waals surface area contributed by atoms with Crippen LogP contribution >= 0.6 is 0 Å². The molecular formula is C18H24N4O2. The minimum Gasteiger partial charge on any atom is -0.354 e. The Morgan fingerprint density at radius 3 is 2.46 bits per heavy atom. The molecule has 0 aliphatic carbocycles. The predicted molar refractivity (Wildman–Crippen MR) is 92.7 cm³/mol. The number of benzene rings is 1. The van der Waals surface area contributed by atoms with E-state index in [0.717, 1.165) is 17.7 Å². The van der Waals surface area contributed by atoms with Gasteiger partial charge in [-0.05, 0) is 36.1 Å². The van der Waals surface area contributed by atoms with E-state index < -0.39 is 6.04 Å². The van der Waals surface area contributed by atoms with Crippen LogP contribution in [0.15, 0.2) is 42.7 Å². The van der Waals surface area contributed by atoms with Crippen LogP contribution in [0, 0.1) is 5.92 Å². The number of rotatable bonds is 7. The molecule has 0 radical (unpaired) electrons. The van der Waals surface area contributed by atoms with Crippen LogP contribution in [0.4, 0.5) is 0 Å². The molecule has 1 unspecified atom stereocenters. The summed E-state index contributed by atoms with van der Waals surface area (Å²) < 4.78 is 1.80. The summed E-state index contributed by atoms with van der Waals surface area (Å²) in [5.74, 6) is -0.298. The van der Waals surface area contributed by atoms with Gasteiger partial charge in [0.05, 0.1) is 5.69 Å². The second-order valence-electron chi connectivity index (χ2n) is 6.08. The van der Waals surface area contributed by atoms with Gasteiger partial charge in [-0.3, -0.25) is 9.59 Å². The highest BCUT2D eigenvalue weighted by atomic mass is 16.2. The minimum absolute atomic E-state index is 0.0438. The monoisotopic (exact) mass is 328 g/mol. The molecule has 0 saturated heterocycles. The van der Waals surface area contributed by atoms with Crippen molar-refractivity contribution in [2.24, 2.45) is 5.92 Å². The van der Waals surface area contributed by atoms with Crippen LogP contribution in [0.5, 0.6) is 0 Å². The summed E-state index contributed by atoms with van der Waals surface area (Å²) in [6, 6.07) is 9.43. The summed E-state index contributed by atoms with van der Waals surface area (Å²) in [5, 5.41) is 9.77. The molecule has 24 heavy (non-hydrogen) atoms. The van der Waals surface area contributed by atoms with E-state index in [1.54, 1.807) is 10.9 Å². The zero-order valence-corrected chi connectivity index (χ0v) is 14.3. The summed E-state index contributed by atoms with van der Waals surface area (Å²) in [4.78, 5) is 23.4. The normalized spacial score (nSPS) is 12.0. The Bertz CT molecular complexity index is 663. The third-order valence-corrected chi connectivity index (χ3v) is 3.73. The highest BCUT2D eigenvalue weighted by Gasteiger charge is 2.22. The first kappa shape index (κ1) is 17.7. The number of amides is 2. The third-order valence-electron chi connectivity index (χ3n) is 3.73. The van der Waals surface area contributed by atoms with E-state index in [1.807, 2.05) is 50.4 Å². The fraction of sp³-hybridized carbons (Fsp3) is 0.389. The molecule has 6 nitrogen and oxygen atoms in total. The Kier molecular flexibility index (Phi) is 6.12. The lowest BCUT2D eigenvalue weighted by atomic mass is 10.0. The Balaban J connectivity index is 1.85. The molecule has 0 fully saturated rings. The molecule has 2 aromatic rings. The van der Waals surface area contributed by atoms with Gasteiger partial charge in [-0.1, -0.05) is 26.0 Å². The maximum Gasteiger partial charge on any atom is 0.242 e. The first-order valence-corrected chi connectivity index (χ1v) is 8.11. The molecule has 0 bridgehead atoms. The topological polar surface area (TPSA) is 76.0 Å². The van der Waals surface area contributed by atoms with Crippen LogP contribution in [0.1, 0.15) is 26.3 Å². The minimum atomic E-state index is -0.496. The zero-order valence-electron chi connectivity index (χ0n) is 14.3. The van der Waals surface area contributed by atoms with Crippen molar-refractivity contribution in [2.45, 2.75) is 33.2 Å². The van der Waals surface area contributed by atoms with Crippen LogP contribution in [-0.4, -0.2) is 34.2 Å². The number of hydrogen-bond acceptors (Lipinski definition) is 3. The predicted octanol–water partition coefficient (Wildman–Crippen LogP) is 1.69. The molecule has 2 rings (SSSR count). The van der Waals surface area contributed by atoms with Crippen LogP contribution in [0.2, 0.25) is 0 Å². The van der Waals surface area contributed by atoms with Gasteiger partial charge < -0.3 is 10.6 Å². The number of nitrogens with zero attached hydrogens (tertiary/aromatic N) is 2. The molecule has 1 heterocycles. The second kappa shape index (κ2) is 8.29. The van der Waals surface area contributed by atoms with E-state index >= 15 is 0 Å². The van der Waals surface area contributed by atoms with Crippen LogP contribution in [0.25, 0.3) is 5.69 Å². The fourth-order valence-electron chi connectivity index (χ4n) is 2.43. The average Bonchev–Trinajstić information content (AvgIpc) is 3.07. The number of carbonyl (C=O) groups is 2. The molecule has 6 heteroatoms. The largest absolute Gasteiger partial charge is 0.354 e. The van der Waals surface area contributed by atoms with E-state index in [4.69, 9.17) is 0 Å². The Morgan fingerprint density at radius 1 is 1.21 bits per heavy atom. The summed E-state index contributed by atoms with van der Waals surface area (Å²) in [5.41, 5.74) is 2.13. The van der Waals surface area contributed by atoms with Gasteiger partial charge in [-0.25, -0.2) is 4.68 Å². The van der Waals surface area contributed by atoms with Gasteiger partial charge in [-0.2, -0.15) is 5.10 Å². The van der Waals surface area contributed by atoms with Crippen molar-refractivity contribution >= 4 is 11.8 Å². The van der Waals surface area contributed by atoms with Gasteiger partial charge in [-0.15, -0.1) is 0 Å². The summed E-state index contributed by atoms with van der Waals surface area (Å²) in [6.07, 6.45) is 4.36. The fourth-order valence-corrected chi connectivity index (χ4v) is 2.43. The van der Waals surface area contributed by atoms with Gasteiger partial charge in [0.2, 0.25) is 11.8 Å². The van der Waals surface area contributed by atoms with Crippen LogP contribution < -0.4 is 10.6 Å². The Morgan fingerprint density at radius 2 is 1.92 bits per heavy atom. The molecule has 128 valence electrons. The lowest BCUT2D eigenvalue weighted by molar-refractivity contribution is -0.129. The highest BCUT2D eigenvalue weighted by molar-refractivity contribution is 5.87. The van der Waals surface area contributed by atoms with Gasteiger partial charge >= 0.3 is 0 Å². The Hall–Kier alpha value is -2.63. The smallest absolute Gasteiger partial charge is 0.242 e. The molecule has 2 N–H and O–H groups in total. The molecule has 1 aromatic heterocycles. The molecule has 1 aromatic carbocycles. The molecule has 0 spiro atoms. The lowest BCUT2D eigenvalue weighted by Crippen LogP contribution is -2.49. The molecule has 1 atom stereocenters. The van der Waals surface area contributed by atoms with Crippen molar-refractivity contribution in [3.8, 4) is 5.69 Å². The van der Waals surface area contributed by atoms with Crippen LogP contribution in [0.3, 0.4) is 0 Å². The van der Waals surface area contributed by atoms with Crippen molar-refractivity contribution in [3.63, 3.8) is 0 Å². The van der Waals surface area contributed by atoms with Crippen molar-refractivity contribution in [1.82, 2.24) is 20.4 Å². The maximum atomic E-state index is 12.2. The molecule has 0 aliphatic heterocycles. The van der Waals surface area contributed by atoms with Crippen molar-refractivity contribution in [3.05, 3.63) is 48.3 Å². The number of nitrogens with one attached hydrogen (secondary N) is 2. The van der Waals surface area contributed by atoms with E-state index in [2.05, 4.69) is 15.7 Å².